The molecule has 92 valence electrons. The highest BCUT2D eigenvalue weighted by Crippen LogP contribution is 2.39. The van der Waals surface area contributed by atoms with Gasteiger partial charge in [0.05, 0.1) is 0 Å². The van der Waals surface area contributed by atoms with E-state index in [1.807, 2.05) is 0 Å². The molecular formula is C7H6F6N2O. The Morgan fingerprint density at radius 2 is 1.75 bits per heavy atom. The first-order valence-electron chi connectivity index (χ1n) is 3.89. The number of rotatable bonds is 1. The van der Waals surface area contributed by atoms with Crippen LogP contribution in [-0.2, 0) is 13.2 Å². The lowest BCUT2D eigenvalue weighted by Gasteiger charge is -2.15. The van der Waals surface area contributed by atoms with Gasteiger partial charge < -0.3 is 5.11 Å². The summed E-state index contributed by atoms with van der Waals surface area (Å²) in [6.07, 6.45) is -12.9. The fourth-order valence-corrected chi connectivity index (χ4v) is 1.10. The van der Waals surface area contributed by atoms with Crippen LogP contribution in [-0.4, -0.2) is 21.1 Å². The van der Waals surface area contributed by atoms with Crippen molar-refractivity contribution < 1.29 is 31.4 Å². The maximum absolute atomic E-state index is 12.3. The summed E-state index contributed by atoms with van der Waals surface area (Å²) in [4.78, 5) is 0. The minimum absolute atomic E-state index is 0.487. The summed E-state index contributed by atoms with van der Waals surface area (Å²) in [6.45, 7) is 0. The van der Waals surface area contributed by atoms with E-state index >= 15 is 0 Å². The van der Waals surface area contributed by atoms with Crippen molar-refractivity contribution >= 4 is 0 Å². The second-order valence-electron chi connectivity index (χ2n) is 3.05. The minimum Gasteiger partial charge on any atom is -0.379 e. The topological polar surface area (TPSA) is 38.0 Å². The van der Waals surface area contributed by atoms with Crippen molar-refractivity contribution in [1.82, 2.24) is 9.78 Å². The van der Waals surface area contributed by atoms with E-state index in [0.29, 0.717) is 10.9 Å². The number of aliphatic hydroxyl groups excluding tert-OH is 1. The van der Waals surface area contributed by atoms with Crippen LogP contribution in [0.2, 0.25) is 0 Å². The number of halogens is 6. The molecule has 0 bridgehead atoms. The van der Waals surface area contributed by atoms with Gasteiger partial charge in [-0.25, -0.2) is 0 Å². The summed E-state index contributed by atoms with van der Waals surface area (Å²) in [5.74, 6) is 0. The van der Waals surface area contributed by atoms with Crippen LogP contribution in [0.25, 0.3) is 0 Å². The second kappa shape index (κ2) is 3.65. The van der Waals surface area contributed by atoms with Gasteiger partial charge in [0, 0.05) is 18.8 Å². The standard InChI is InChI=1S/C7H6F6N2O/c1-15-2-3(5(16)7(11,12)13)4(14-15)6(8,9)10/h2,5,16H,1H3/t5-/m0/s1. The van der Waals surface area contributed by atoms with E-state index in [1.165, 1.54) is 0 Å². The molecular weight excluding hydrogens is 242 g/mol. The molecule has 1 rings (SSSR count). The van der Waals surface area contributed by atoms with Gasteiger partial charge in [-0.05, 0) is 0 Å². The first-order chi connectivity index (χ1) is 7.03. The normalized spacial score (nSPS) is 15.2. The Balaban J connectivity index is 3.24. The van der Waals surface area contributed by atoms with Crippen molar-refractivity contribution in [2.75, 3.05) is 0 Å². The zero-order chi connectivity index (χ0) is 12.7. The van der Waals surface area contributed by atoms with Gasteiger partial charge in [-0.15, -0.1) is 0 Å². The molecule has 1 aromatic heterocycles. The van der Waals surface area contributed by atoms with Crippen LogP contribution >= 0.6 is 0 Å². The fourth-order valence-electron chi connectivity index (χ4n) is 1.10. The van der Waals surface area contributed by atoms with Crippen LogP contribution in [0.3, 0.4) is 0 Å². The summed E-state index contributed by atoms with van der Waals surface area (Å²) < 4.78 is 73.5. The van der Waals surface area contributed by atoms with Crippen molar-refractivity contribution in [3.05, 3.63) is 17.5 Å². The Bertz CT molecular complexity index is 379. The molecule has 0 spiro atoms. The first kappa shape index (κ1) is 12.8. The number of aryl methyl sites for hydroxylation is 1. The summed E-state index contributed by atoms with van der Waals surface area (Å²) in [5.41, 5.74) is -3.04. The molecule has 0 unspecified atom stereocenters. The van der Waals surface area contributed by atoms with Crippen LogP contribution < -0.4 is 0 Å². The maximum atomic E-state index is 12.3. The van der Waals surface area contributed by atoms with Crippen LogP contribution in [0, 0.1) is 0 Å². The fraction of sp³-hybridized carbons (Fsp3) is 0.571. The minimum atomic E-state index is -5.16. The molecule has 0 aliphatic rings. The molecule has 0 aliphatic carbocycles. The van der Waals surface area contributed by atoms with Crippen molar-refractivity contribution in [3.63, 3.8) is 0 Å². The first-order valence-corrected chi connectivity index (χ1v) is 3.89. The van der Waals surface area contributed by atoms with E-state index in [2.05, 4.69) is 5.10 Å². The van der Waals surface area contributed by atoms with Crippen molar-refractivity contribution in [2.24, 2.45) is 7.05 Å². The highest BCUT2D eigenvalue weighted by atomic mass is 19.4. The molecule has 9 heteroatoms. The van der Waals surface area contributed by atoms with Crippen LogP contribution in [0.4, 0.5) is 26.3 Å². The molecule has 1 N–H and O–H groups in total. The average molecular weight is 248 g/mol. The monoisotopic (exact) mass is 248 g/mol. The zero-order valence-corrected chi connectivity index (χ0v) is 7.76. The quantitative estimate of drug-likeness (QED) is 0.772. The highest BCUT2D eigenvalue weighted by Gasteiger charge is 2.46. The third-order valence-electron chi connectivity index (χ3n) is 1.73. The summed E-state index contributed by atoms with van der Waals surface area (Å²) in [6, 6.07) is 0. The van der Waals surface area contributed by atoms with Crippen LogP contribution in [0.1, 0.15) is 17.4 Å². The van der Waals surface area contributed by atoms with E-state index in [0.717, 1.165) is 7.05 Å². The van der Waals surface area contributed by atoms with E-state index < -0.39 is 29.7 Å². The molecule has 1 aromatic rings. The molecule has 0 saturated carbocycles. The van der Waals surface area contributed by atoms with Gasteiger partial charge >= 0.3 is 12.4 Å². The third-order valence-corrected chi connectivity index (χ3v) is 1.73. The molecule has 0 saturated heterocycles. The van der Waals surface area contributed by atoms with Gasteiger partial charge in [-0.1, -0.05) is 0 Å². The van der Waals surface area contributed by atoms with Crippen molar-refractivity contribution in [2.45, 2.75) is 18.5 Å². The van der Waals surface area contributed by atoms with Gasteiger partial charge in [0.2, 0.25) is 0 Å². The lowest BCUT2D eigenvalue weighted by molar-refractivity contribution is -0.209. The van der Waals surface area contributed by atoms with Gasteiger partial charge in [0.25, 0.3) is 0 Å². The van der Waals surface area contributed by atoms with Crippen LogP contribution in [0.15, 0.2) is 6.20 Å². The predicted octanol–water partition coefficient (Wildman–Crippen LogP) is 2.03. The number of aliphatic hydroxyl groups is 1. The largest absolute Gasteiger partial charge is 0.435 e. The Morgan fingerprint density at radius 3 is 2.12 bits per heavy atom. The Kier molecular flexibility index (Phi) is 2.92. The average Bonchev–Trinajstić information content (AvgIpc) is 2.43. The highest BCUT2D eigenvalue weighted by molar-refractivity contribution is 5.23. The predicted molar refractivity (Wildman–Crippen MR) is 39.2 cm³/mol. The zero-order valence-electron chi connectivity index (χ0n) is 7.76. The molecule has 3 nitrogen and oxygen atoms in total. The number of hydrogen-bond acceptors (Lipinski definition) is 2. The lowest BCUT2D eigenvalue weighted by Crippen LogP contribution is -2.23. The molecule has 0 aromatic carbocycles. The van der Waals surface area contributed by atoms with Gasteiger partial charge in [-0.3, -0.25) is 4.68 Å². The SMILES string of the molecule is Cn1cc([C@H](O)C(F)(F)F)c(C(F)(F)F)n1. The van der Waals surface area contributed by atoms with Gasteiger partial charge in [0.15, 0.2) is 11.8 Å². The number of nitrogens with zero attached hydrogens (tertiary/aromatic N) is 2. The summed E-state index contributed by atoms with van der Waals surface area (Å²) in [5, 5.41) is 11.6. The summed E-state index contributed by atoms with van der Waals surface area (Å²) >= 11 is 0. The van der Waals surface area contributed by atoms with Crippen molar-refractivity contribution in [3.8, 4) is 0 Å². The lowest BCUT2D eigenvalue weighted by atomic mass is 10.1. The van der Waals surface area contributed by atoms with Gasteiger partial charge in [0.1, 0.15) is 0 Å². The number of alkyl halides is 6. The number of hydrogen-bond donors (Lipinski definition) is 1. The molecule has 1 atom stereocenters. The smallest absolute Gasteiger partial charge is 0.379 e. The summed E-state index contributed by atoms with van der Waals surface area (Å²) in [7, 11) is 1.03. The Hall–Kier alpha value is -1.25. The van der Waals surface area contributed by atoms with Gasteiger partial charge in [-0.2, -0.15) is 31.4 Å². The van der Waals surface area contributed by atoms with E-state index in [4.69, 9.17) is 5.11 Å². The molecule has 1 heterocycles. The molecule has 0 amide bonds. The molecule has 0 aliphatic heterocycles. The third kappa shape index (κ3) is 2.46. The molecule has 0 radical (unpaired) electrons. The maximum Gasteiger partial charge on any atom is 0.435 e. The number of aromatic nitrogens is 2. The molecule has 16 heavy (non-hydrogen) atoms. The molecule has 0 fully saturated rings. The van der Waals surface area contributed by atoms with Crippen molar-refractivity contribution in [1.29, 1.82) is 0 Å². The second-order valence-corrected chi connectivity index (χ2v) is 3.05. The van der Waals surface area contributed by atoms with E-state index in [-0.39, 0.29) is 0 Å². The van der Waals surface area contributed by atoms with E-state index in [9.17, 15) is 26.3 Å². The Morgan fingerprint density at radius 1 is 1.25 bits per heavy atom. The van der Waals surface area contributed by atoms with Crippen LogP contribution in [0.5, 0.6) is 0 Å². The Labute approximate surface area is 85.3 Å². The van der Waals surface area contributed by atoms with E-state index in [1.54, 1.807) is 0 Å².